The van der Waals surface area contributed by atoms with Gasteiger partial charge in [0.05, 0.1) is 19.3 Å². The topological polar surface area (TPSA) is 67.1 Å². The number of ether oxygens (including phenoxy) is 1. The van der Waals surface area contributed by atoms with E-state index in [-0.39, 0.29) is 18.9 Å². The molecule has 0 spiro atoms. The Hall–Kier alpha value is -2.77. The molecule has 1 fully saturated rings. The number of hydrogen-bond acceptors (Lipinski definition) is 4. The average molecular weight is 369 g/mol. The number of imidazole rings is 1. The van der Waals surface area contributed by atoms with E-state index in [1.54, 1.807) is 12.3 Å². The van der Waals surface area contributed by atoms with Crippen LogP contribution in [-0.4, -0.2) is 51.2 Å². The Kier molecular flexibility index (Phi) is 4.63. The first-order chi connectivity index (χ1) is 13.1. The highest BCUT2D eigenvalue weighted by Gasteiger charge is 2.38. The van der Waals surface area contributed by atoms with Crippen LogP contribution in [0.15, 0.2) is 48.7 Å². The Morgan fingerprint density at radius 3 is 2.81 bits per heavy atom. The van der Waals surface area contributed by atoms with Crippen LogP contribution in [0.4, 0.5) is 4.39 Å². The Labute approximate surface area is 155 Å². The van der Waals surface area contributed by atoms with Crippen molar-refractivity contribution in [1.82, 2.24) is 14.3 Å². The van der Waals surface area contributed by atoms with E-state index in [2.05, 4.69) is 4.98 Å². The van der Waals surface area contributed by atoms with Crippen LogP contribution in [0.5, 0.6) is 0 Å². The van der Waals surface area contributed by atoms with Crippen molar-refractivity contribution in [2.75, 3.05) is 19.8 Å². The molecule has 2 atom stereocenters. The van der Waals surface area contributed by atoms with Gasteiger partial charge in [-0.2, -0.15) is 4.39 Å². The standard InChI is InChI=1S/C20H20FN3O3/c1-13-7-8-16-22-17(19(21)24(16)11-13)20(26)23-9-10-27-15(12-25)18(23)14-5-3-2-4-6-14/h2-8,11,15,18,25H,9-10,12H2,1H3/t15-,18-/m0/s1. The number of hydrogen-bond donors (Lipinski definition) is 1. The normalized spacial score (nSPS) is 20.2. The molecule has 0 bridgehead atoms. The van der Waals surface area contributed by atoms with E-state index < -0.39 is 24.0 Å². The monoisotopic (exact) mass is 369 g/mol. The third kappa shape index (κ3) is 3.09. The summed E-state index contributed by atoms with van der Waals surface area (Å²) in [5.74, 6) is -1.19. The zero-order valence-corrected chi connectivity index (χ0v) is 14.9. The van der Waals surface area contributed by atoms with E-state index in [0.29, 0.717) is 12.2 Å². The Balaban J connectivity index is 1.76. The summed E-state index contributed by atoms with van der Waals surface area (Å²) in [4.78, 5) is 18.9. The maximum absolute atomic E-state index is 14.9. The van der Waals surface area contributed by atoms with Gasteiger partial charge in [-0.15, -0.1) is 0 Å². The number of carbonyl (C=O) groups excluding carboxylic acids is 1. The fourth-order valence-corrected chi connectivity index (χ4v) is 3.55. The number of aliphatic hydroxyl groups excluding tert-OH is 1. The van der Waals surface area contributed by atoms with Crippen LogP contribution >= 0.6 is 0 Å². The molecule has 7 heteroatoms. The lowest BCUT2D eigenvalue weighted by atomic mass is 9.98. The number of rotatable bonds is 3. The van der Waals surface area contributed by atoms with E-state index in [9.17, 15) is 14.3 Å². The largest absolute Gasteiger partial charge is 0.394 e. The van der Waals surface area contributed by atoms with Crippen molar-refractivity contribution in [2.24, 2.45) is 0 Å². The lowest BCUT2D eigenvalue weighted by Gasteiger charge is -2.40. The summed E-state index contributed by atoms with van der Waals surface area (Å²) in [6.45, 7) is 2.17. The van der Waals surface area contributed by atoms with E-state index in [1.165, 1.54) is 9.30 Å². The number of aliphatic hydroxyl groups is 1. The van der Waals surface area contributed by atoms with Crippen molar-refractivity contribution < 1.29 is 19.0 Å². The molecule has 0 aliphatic carbocycles. The van der Waals surface area contributed by atoms with E-state index >= 15 is 0 Å². The van der Waals surface area contributed by atoms with Crippen molar-refractivity contribution >= 4 is 11.6 Å². The molecule has 1 aliphatic rings. The van der Waals surface area contributed by atoms with Crippen LogP contribution in [0.3, 0.4) is 0 Å². The molecule has 1 saturated heterocycles. The summed E-state index contributed by atoms with van der Waals surface area (Å²) in [6, 6.07) is 12.3. The smallest absolute Gasteiger partial charge is 0.277 e. The first-order valence-electron chi connectivity index (χ1n) is 8.82. The number of aryl methyl sites for hydroxylation is 1. The van der Waals surface area contributed by atoms with Gasteiger partial charge in [0, 0.05) is 12.7 Å². The van der Waals surface area contributed by atoms with E-state index in [0.717, 1.165) is 11.1 Å². The molecule has 4 rings (SSSR count). The summed E-state index contributed by atoms with van der Waals surface area (Å²) in [6.07, 6.45) is 1.03. The van der Waals surface area contributed by atoms with Crippen LogP contribution < -0.4 is 0 Å². The number of carbonyl (C=O) groups is 1. The molecule has 140 valence electrons. The lowest BCUT2D eigenvalue weighted by molar-refractivity contribution is -0.0813. The summed E-state index contributed by atoms with van der Waals surface area (Å²) in [5, 5.41) is 9.74. The molecule has 0 radical (unpaired) electrons. The molecule has 1 N–H and O–H groups in total. The number of pyridine rings is 1. The third-order valence-electron chi connectivity index (χ3n) is 4.84. The van der Waals surface area contributed by atoms with Gasteiger partial charge in [0.1, 0.15) is 11.8 Å². The maximum Gasteiger partial charge on any atom is 0.277 e. The number of halogens is 1. The van der Waals surface area contributed by atoms with Crippen molar-refractivity contribution in [3.05, 3.63) is 71.4 Å². The van der Waals surface area contributed by atoms with Crippen molar-refractivity contribution in [3.8, 4) is 0 Å². The third-order valence-corrected chi connectivity index (χ3v) is 4.84. The summed E-state index contributed by atoms with van der Waals surface area (Å²) in [5.41, 5.74) is 1.85. The molecule has 2 aromatic heterocycles. The highest BCUT2D eigenvalue weighted by molar-refractivity contribution is 5.93. The van der Waals surface area contributed by atoms with Gasteiger partial charge in [0.15, 0.2) is 5.69 Å². The fourth-order valence-electron chi connectivity index (χ4n) is 3.55. The molecule has 1 aliphatic heterocycles. The number of morpholine rings is 1. The highest BCUT2D eigenvalue weighted by Crippen LogP contribution is 2.31. The lowest BCUT2D eigenvalue weighted by Crippen LogP contribution is -2.49. The predicted molar refractivity (Wildman–Crippen MR) is 96.9 cm³/mol. The Morgan fingerprint density at radius 1 is 1.30 bits per heavy atom. The first-order valence-corrected chi connectivity index (χ1v) is 8.82. The summed E-state index contributed by atoms with van der Waals surface area (Å²) < 4.78 is 21.8. The van der Waals surface area contributed by atoms with Gasteiger partial charge in [-0.3, -0.25) is 9.20 Å². The molecule has 1 aromatic carbocycles. The zero-order chi connectivity index (χ0) is 19.0. The van der Waals surface area contributed by atoms with Crippen LogP contribution in [0.1, 0.15) is 27.7 Å². The number of fused-ring (bicyclic) bond motifs is 1. The molecular weight excluding hydrogens is 349 g/mol. The van der Waals surface area contributed by atoms with Crippen LogP contribution in [-0.2, 0) is 4.74 Å². The fraction of sp³-hybridized carbons (Fsp3) is 0.300. The second-order valence-electron chi connectivity index (χ2n) is 6.63. The summed E-state index contributed by atoms with van der Waals surface area (Å²) in [7, 11) is 0. The number of nitrogens with zero attached hydrogens (tertiary/aromatic N) is 3. The number of amides is 1. The van der Waals surface area contributed by atoms with Gasteiger partial charge < -0.3 is 14.7 Å². The minimum atomic E-state index is -0.683. The average Bonchev–Trinajstić information content (AvgIpc) is 3.03. The van der Waals surface area contributed by atoms with Crippen LogP contribution in [0, 0.1) is 12.9 Å². The quantitative estimate of drug-likeness (QED) is 0.770. The Morgan fingerprint density at radius 2 is 2.07 bits per heavy atom. The Bertz CT molecular complexity index is 973. The molecule has 1 amide bonds. The molecule has 0 unspecified atom stereocenters. The first kappa shape index (κ1) is 17.6. The second-order valence-corrected chi connectivity index (χ2v) is 6.63. The minimum Gasteiger partial charge on any atom is -0.394 e. The SMILES string of the molecule is Cc1ccc2nc(C(=O)N3CCO[C@@H](CO)[C@@H]3c3ccccc3)c(F)n2c1. The van der Waals surface area contributed by atoms with Gasteiger partial charge in [0.2, 0.25) is 5.95 Å². The van der Waals surface area contributed by atoms with Crippen LogP contribution in [0.2, 0.25) is 0 Å². The van der Waals surface area contributed by atoms with Gasteiger partial charge >= 0.3 is 0 Å². The van der Waals surface area contributed by atoms with Crippen molar-refractivity contribution in [1.29, 1.82) is 0 Å². The molecular formula is C20H20FN3O3. The number of benzene rings is 1. The minimum absolute atomic E-state index is 0.222. The zero-order valence-electron chi connectivity index (χ0n) is 14.9. The number of aromatic nitrogens is 2. The van der Waals surface area contributed by atoms with Gasteiger partial charge in [-0.25, -0.2) is 4.98 Å². The van der Waals surface area contributed by atoms with Crippen molar-refractivity contribution in [2.45, 2.75) is 19.1 Å². The predicted octanol–water partition coefficient (Wildman–Crippen LogP) is 2.36. The highest BCUT2D eigenvalue weighted by atomic mass is 19.1. The van der Waals surface area contributed by atoms with Gasteiger partial charge in [0.25, 0.3) is 5.91 Å². The van der Waals surface area contributed by atoms with Crippen LogP contribution in [0.25, 0.3) is 5.65 Å². The summed E-state index contributed by atoms with van der Waals surface area (Å²) >= 11 is 0. The van der Waals surface area contributed by atoms with Crippen molar-refractivity contribution in [3.63, 3.8) is 0 Å². The molecule has 0 saturated carbocycles. The molecule has 6 nitrogen and oxygen atoms in total. The maximum atomic E-state index is 14.9. The van der Waals surface area contributed by atoms with Gasteiger partial charge in [-0.05, 0) is 24.1 Å². The molecule has 3 heterocycles. The second kappa shape index (κ2) is 7.09. The molecule has 27 heavy (non-hydrogen) atoms. The van der Waals surface area contributed by atoms with Gasteiger partial charge in [-0.1, -0.05) is 36.4 Å². The van der Waals surface area contributed by atoms with E-state index in [4.69, 9.17) is 4.74 Å². The molecule has 3 aromatic rings. The van der Waals surface area contributed by atoms with E-state index in [1.807, 2.05) is 43.3 Å².